The lowest BCUT2D eigenvalue weighted by Crippen LogP contribution is -2.45. The summed E-state index contributed by atoms with van der Waals surface area (Å²) in [7, 11) is 0. The van der Waals surface area contributed by atoms with Crippen molar-refractivity contribution in [1.82, 2.24) is 9.55 Å². The lowest BCUT2D eigenvalue weighted by Gasteiger charge is -2.36. The zero-order valence-electron chi connectivity index (χ0n) is 27.1. The van der Waals surface area contributed by atoms with Crippen LogP contribution in [0.15, 0.2) is 77.9 Å². The van der Waals surface area contributed by atoms with Crippen molar-refractivity contribution in [3.05, 3.63) is 95.2 Å². The highest BCUT2D eigenvalue weighted by molar-refractivity contribution is 6.09. The topological polar surface area (TPSA) is 48.6 Å². The lowest BCUT2D eigenvalue weighted by molar-refractivity contribution is 0.0278. The molecule has 3 heterocycles. The monoisotopic (exact) mass is 585 g/mol. The number of ether oxygens (including phenoxy) is 2. The SMILES string of the molecule is Cc1cc(Oc2ccc3c4cc(C)ccc4n(-c4cc(C(C)(C)C)ccn4)c3c2)cc(C2=NC3(C)CCCCC[C@]3(C)O2)c1. The Morgan fingerprint density at radius 3 is 2.41 bits per heavy atom. The molecule has 5 nitrogen and oxygen atoms in total. The van der Waals surface area contributed by atoms with Gasteiger partial charge in [0.25, 0.3) is 0 Å². The van der Waals surface area contributed by atoms with Crippen molar-refractivity contribution in [2.75, 3.05) is 0 Å². The molecule has 1 aliphatic heterocycles. The zero-order chi connectivity index (χ0) is 30.9. The molecule has 0 radical (unpaired) electrons. The van der Waals surface area contributed by atoms with E-state index < -0.39 is 0 Å². The predicted octanol–water partition coefficient (Wildman–Crippen LogP) is 10.1. The Bertz CT molecular complexity index is 1950. The van der Waals surface area contributed by atoms with E-state index in [1.165, 1.54) is 41.2 Å². The van der Waals surface area contributed by atoms with Crippen LogP contribution in [0.1, 0.15) is 89.0 Å². The molecule has 2 aromatic heterocycles. The van der Waals surface area contributed by atoms with E-state index >= 15 is 0 Å². The average molecular weight is 586 g/mol. The molecule has 3 aromatic carbocycles. The van der Waals surface area contributed by atoms with Gasteiger partial charge in [0.2, 0.25) is 5.90 Å². The van der Waals surface area contributed by atoms with Gasteiger partial charge >= 0.3 is 0 Å². The summed E-state index contributed by atoms with van der Waals surface area (Å²) < 4.78 is 15.5. The summed E-state index contributed by atoms with van der Waals surface area (Å²) in [4.78, 5) is 10.0. The summed E-state index contributed by atoms with van der Waals surface area (Å²) in [5.41, 5.74) is 6.33. The maximum atomic E-state index is 6.67. The van der Waals surface area contributed by atoms with Gasteiger partial charge in [0.1, 0.15) is 28.5 Å². The van der Waals surface area contributed by atoms with E-state index in [2.05, 4.69) is 120 Å². The summed E-state index contributed by atoms with van der Waals surface area (Å²) in [5.74, 6) is 3.20. The van der Waals surface area contributed by atoms with Gasteiger partial charge in [-0.1, -0.05) is 45.2 Å². The molecule has 2 aliphatic rings. The molecule has 226 valence electrons. The number of benzene rings is 3. The van der Waals surface area contributed by atoms with Crippen molar-refractivity contribution in [3.63, 3.8) is 0 Å². The third-order valence-corrected chi connectivity index (χ3v) is 9.89. The Hall–Kier alpha value is -4.12. The number of hydrogen-bond donors (Lipinski definition) is 0. The smallest absolute Gasteiger partial charge is 0.217 e. The molecular weight excluding hydrogens is 542 g/mol. The predicted molar refractivity (Wildman–Crippen MR) is 181 cm³/mol. The van der Waals surface area contributed by atoms with E-state index in [0.29, 0.717) is 0 Å². The summed E-state index contributed by atoms with van der Waals surface area (Å²) in [6.45, 7) is 15.5. The quantitative estimate of drug-likeness (QED) is 0.211. The van der Waals surface area contributed by atoms with Crippen molar-refractivity contribution in [2.24, 2.45) is 4.99 Å². The fourth-order valence-electron chi connectivity index (χ4n) is 7.06. The molecule has 0 amide bonds. The van der Waals surface area contributed by atoms with Crippen molar-refractivity contribution in [1.29, 1.82) is 0 Å². The molecule has 1 fully saturated rings. The first kappa shape index (κ1) is 28.6. The highest BCUT2D eigenvalue weighted by Gasteiger charge is 2.52. The molecule has 0 spiro atoms. The van der Waals surface area contributed by atoms with Gasteiger partial charge in [0.15, 0.2) is 0 Å². The van der Waals surface area contributed by atoms with E-state index in [4.69, 9.17) is 19.5 Å². The zero-order valence-corrected chi connectivity index (χ0v) is 27.1. The van der Waals surface area contributed by atoms with Crippen LogP contribution in [-0.2, 0) is 10.2 Å². The maximum Gasteiger partial charge on any atom is 0.217 e. The molecular formula is C39H43N3O2. The van der Waals surface area contributed by atoms with Crippen molar-refractivity contribution in [2.45, 2.75) is 97.1 Å². The van der Waals surface area contributed by atoms with E-state index in [1.54, 1.807) is 0 Å². The molecule has 0 N–H and O–H groups in total. The normalized spacial score (nSPS) is 22.0. The van der Waals surface area contributed by atoms with Gasteiger partial charge in [-0.05, 0) is 118 Å². The van der Waals surface area contributed by atoms with Gasteiger partial charge < -0.3 is 9.47 Å². The van der Waals surface area contributed by atoms with Gasteiger partial charge in [0.05, 0.1) is 11.0 Å². The van der Waals surface area contributed by atoms with Crippen molar-refractivity contribution in [3.8, 4) is 17.3 Å². The minimum atomic E-state index is -0.265. The number of pyridine rings is 1. The van der Waals surface area contributed by atoms with Crippen LogP contribution >= 0.6 is 0 Å². The second-order valence-electron chi connectivity index (χ2n) is 14.4. The molecule has 1 saturated carbocycles. The second-order valence-corrected chi connectivity index (χ2v) is 14.4. The van der Waals surface area contributed by atoms with Crippen molar-refractivity contribution >= 4 is 27.7 Å². The Morgan fingerprint density at radius 2 is 1.59 bits per heavy atom. The largest absolute Gasteiger partial charge is 0.469 e. The standard InChI is InChI=1S/C39H43N3O2/c1-25-11-14-33-32(21-25)31-13-12-29(24-34(31)42(33)35-23-28(15-18-40-35)37(3,4)5)43-30-20-26(2)19-27(22-30)36-41-38(6)16-9-8-10-17-39(38,7)44-36/h11-15,18-24H,8-10,16-17H2,1-7H3/t38?,39-/m0/s1. The van der Waals surface area contributed by atoms with Gasteiger partial charge in [-0.2, -0.15) is 0 Å². The third-order valence-electron chi connectivity index (χ3n) is 9.89. The Balaban J connectivity index is 1.30. The first-order valence-corrected chi connectivity index (χ1v) is 16.0. The fraction of sp³-hybridized carbons (Fsp3) is 0.385. The Morgan fingerprint density at radius 1 is 0.773 bits per heavy atom. The first-order chi connectivity index (χ1) is 20.9. The molecule has 1 aliphatic carbocycles. The molecule has 2 atom stereocenters. The fourth-order valence-corrected chi connectivity index (χ4v) is 7.06. The summed E-state index contributed by atoms with van der Waals surface area (Å²) in [6, 6.07) is 23.6. The van der Waals surface area contributed by atoms with Gasteiger partial charge in [0, 0.05) is 28.6 Å². The molecule has 5 heteroatoms. The Labute approximate surface area is 260 Å². The Kier molecular flexibility index (Phi) is 6.65. The molecule has 7 rings (SSSR count). The van der Waals surface area contributed by atoms with Crippen LogP contribution < -0.4 is 4.74 Å². The van der Waals surface area contributed by atoms with E-state index in [1.807, 2.05) is 6.20 Å². The van der Waals surface area contributed by atoms with E-state index in [0.717, 1.165) is 58.2 Å². The first-order valence-electron chi connectivity index (χ1n) is 16.0. The van der Waals surface area contributed by atoms with Crippen LogP contribution in [0, 0.1) is 13.8 Å². The molecule has 44 heavy (non-hydrogen) atoms. The lowest BCUT2D eigenvalue weighted by atomic mass is 9.80. The molecule has 0 saturated heterocycles. The minimum absolute atomic E-state index is 0.0172. The van der Waals surface area contributed by atoms with Crippen LogP contribution in [0.4, 0.5) is 0 Å². The minimum Gasteiger partial charge on any atom is -0.469 e. The highest BCUT2D eigenvalue weighted by Crippen LogP contribution is 2.46. The number of nitrogens with zero attached hydrogens (tertiary/aromatic N) is 3. The van der Waals surface area contributed by atoms with Crippen LogP contribution in [0.25, 0.3) is 27.6 Å². The van der Waals surface area contributed by atoms with E-state index in [9.17, 15) is 0 Å². The van der Waals surface area contributed by atoms with Crippen LogP contribution in [0.3, 0.4) is 0 Å². The number of aromatic nitrogens is 2. The molecule has 0 bridgehead atoms. The highest BCUT2D eigenvalue weighted by atomic mass is 16.5. The van der Waals surface area contributed by atoms with Gasteiger partial charge in [-0.3, -0.25) is 4.57 Å². The van der Waals surface area contributed by atoms with Gasteiger partial charge in [-0.15, -0.1) is 0 Å². The number of aliphatic imine (C=N–C) groups is 1. The number of rotatable bonds is 4. The maximum absolute atomic E-state index is 6.67. The summed E-state index contributed by atoms with van der Waals surface area (Å²) in [5, 5.41) is 2.39. The average Bonchev–Trinajstić information content (AvgIpc) is 3.37. The second kappa shape index (κ2) is 10.2. The summed E-state index contributed by atoms with van der Waals surface area (Å²) >= 11 is 0. The van der Waals surface area contributed by atoms with E-state index in [-0.39, 0.29) is 16.6 Å². The third kappa shape index (κ3) is 4.87. The molecule has 5 aromatic rings. The van der Waals surface area contributed by atoms with Gasteiger partial charge in [-0.25, -0.2) is 9.98 Å². The number of fused-ring (bicyclic) bond motifs is 4. The van der Waals surface area contributed by atoms with Crippen LogP contribution in [0.2, 0.25) is 0 Å². The number of hydrogen-bond acceptors (Lipinski definition) is 4. The molecule has 1 unspecified atom stereocenters. The van der Waals surface area contributed by atoms with Crippen molar-refractivity contribution < 1.29 is 9.47 Å². The van der Waals surface area contributed by atoms with Crippen LogP contribution in [-0.4, -0.2) is 26.6 Å². The summed E-state index contributed by atoms with van der Waals surface area (Å²) in [6.07, 6.45) is 7.65. The van der Waals surface area contributed by atoms with Crippen LogP contribution in [0.5, 0.6) is 11.5 Å². The number of aryl methyl sites for hydroxylation is 2.